The van der Waals surface area contributed by atoms with Crippen molar-refractivity contribution >= 4 is 5.91 Å². The zero-order valence-electron chi connectivity index (χ0n) is 98.3. The van der Waals surface area contributed by atoms with E-state index >= 15 is 0 Å². The van der Waals surface area contributed by atoms with Gasteiger partial charge in [-0.25, -0.2) is 38.7 Å². The summed E-state index contributed by atoms with van der Waals surface area (Å²) in [5.74, 6) is 12.5. The first kappa shape index (κ1) is 135. The Morgan fingerprint density at radius 3 is 1.01 bits per heavy atom. The summed E-state index contributed by atoms with van der Waals surface area (Å²) in [7, 11) is 2.22. The number of rotatable bonds is 13. The van der Waals surface area contributed by atoms with E-state index < -0.39 is 28.1 Å². The monoisotopic (exact) mass is 1990 g/mol. The van der Waals surface area contributed by atoms with Crippen molar-refractivity contribution in [3.63, 3.8) is 0 Å². The molecule has 0 aromatic carbocycles. The number of unbranched alkanes of at least 4 members (excludes halogenated alkanes) is 1. The van der Waals surface area contributed by atoms with Gasteiger partial charge >= 0.3 is 0 Å². The minimum atomic E-state index is -1.00. The number of aromatic nitrogens is 6. The number of nitrogens with one attached hydrogen (secondary N) is 3. The largest absolute Gasteiger partial charge is 0.389 e. The minimum absolute atomic E-state index is 0.0707. The molecule has 0 atom stereocenters. The van der Waals surface area contributed by atoms with Gasteiger partial charge in [0.2, 0.25) is 5.91 Å². The number of hydrogen-bond acceptors (Lipinski definition) is 20. The third-order valence-corrected chi connectivity index (χ3v) is 31.7. The number of carbonyl (C=O) groups is 1. The lowest BCUT2D eigenvalue weighted by Crippen LogP contribution is -2.62. The molecule has 2 aliphatic carbocycles. The second kappa shape index (κ2) is 66.6. The normalized spacial score (nSPS) is 21.1. The Hall–Kier alpha value is -3.95. The molecule has 0 spiro atoms. The molecule has 10 aliphatic heterocycles. The fourth-order valence-electron chi connectivity index (χ4n) is 17.1. The zero-order valence-corrected chi connectivity index (χ0v) is 98.3. The Balaban J connectivity index is 0.000000758. The van der Waals surface area contributed by atoms with Crippen molar-refractivity contribution in [3.05, 3.63) is 72.9 Å². The number of nitrogens with zero attached hydrogens (tertiary/aromatic N) is 9. The Kier molecular flexibility index (Phi) is 63.8. The smallest absolute Gasteiger partial charge is 0.219 e. The first-order chi connectivity index (χ1) is 65.3. The van der Waals surface area contributed by atoms with Crippen molar-refractivity contribution < 1.29 is 52.9 Å². The molecule has 3 aromatic rings. The highest BCUT2D eigenvalue weighted by atomic mass is 19.1. The SMILES string of the molecule is CC(=O)N1CCC(C(C)(C)C)CC1.CC(C)(C)C1CCNCC1.CC(C)(C)c1ccncn1.CC(C)(C)c1cncnc1.CC(C)(C)c1ncccn1.CC(C)C1(F)CNC1.CC(C)C1(F)COC1.CC(C)C1(O)CCOCC1.CC(C)C1(O)CCOCC1.CC(C)C1(O)CNC1.CC(C)C1(O)COC1.CC(C)C1CC1.CC(C)C1CCC1.CC(C)C1CCN(C)CC1.CCCCN1CCC(C(C)C)CC1. The van der Waals surface area contributed by atoms with Gasteiger partial charge in [0.05, 0.1) is 43.2 Å². The maximum atomic E-state index is 13.0. The molecule has 826 valence electrons. The molecular formula is C118H226F2N12O9. The summed E-state index contributed by atoms with van der Waals surface area (Å²) >= 11 is 0. The number of halogens is 2. The number of β-amino-alcohol motifs (C(OH)–C–C–N with tert-alkyl or cyclic N) is 1. The van der Waals surface area contributed by atoms with Crippen molar-refractivity contribution in [2.75, 3.05) is 145 Å². The summed E-state index contributed by atoms with van der Waals surface area (Å²) in [5.41, 5.74) is -0.0927. The van der Waals surface area contributed by atoms with E-state index in [-0.39, 0.29) is 39.6 Å². The maximum Gasteiger partial charge on any atom is 0.219 e. The van der Waals surface area contributed by atoms with Crippen LogP contribution in [0.4, 0.5) is 8.78 Å². The second-order valence-corrected chi connectivity index (χ2v) is 51.6. The van der Waals surface area contributed by atoms with E-state index in [1.54, 1.807) is 38.2 Å². The molecule has 12 fully saturated rings. The Morgan fingerprint density at radius 1 is 0.426 bits per heavy atom. The van der Waals surface area contributed by atoms with E-state index in [9.17, 15) is 34.0 Å². The Labute approximate surface area is 866 Å². The van der Waals surface area contributed by atoms with Gasteiger partial charge in [-0.3, -0.25) is 4.79 Å². The number of alkyl halides is 2. The highest BCUT2D eigenvalue weighted by Crippen LogP contribution is 2.39. The average Bonchev–Trinajstić information content (AvgIpc) is 1.32. The van der Waals surface area contributed by atoms with Gasteiger partial charge in [-0.15, -0.1) is 0 Å². The van der Waals surface area contributed by atoms with Crippen LogP contribution < -0.4 is 16.0 Å². The average molecular weight is 2000 g/mol. The molecular weight excluding hydrogens is 1770 g/mol. The van der Waals surface area contributed by atoms with E-state index in [0.29, 0.717) is 100 Å². The standard InChI is InChI=1S/C12H25N.C11H21NO.2C9H19N.3C8H12N2.2C8H16O2.C7H14.C6H12FN.C6H11FO.C6H13NO.C6H12O2.C6H12/c1-4-5-8-13-9-6-12(7-10-13)11(2)3;1-9(13)12-7-5-10(6-8-12)11(2,3)4;1-9(2,3)8-4-6-10-7-5-8;1-8(2)9-4-6-10(3)7-5-9;1-8(2,3)7-4-9-6-10-5-7;1-8(2,3)7-4-5-9-6-10-7;1-8(2,3)7-9-5-4-6-10-7;2*1-7(2)8(9)3-5-10-6-4-8;1-6(2)7-4-3-5-7;2*1-5(2)6(7)3-8-4-6;1-5(2)6(8)3-7-4-6;1-5(2)6(7)3-8-4-6;1-5(2)6-3-4-6/h11-12H,4-10H2,1-3H3;10H,5-8H2,1-4H3;8,10H,4-7H2,1-3H3;8-9H,4-7H2,1-3H3;3*4-6H,1-3H3;2*7,9H,3-6H2,1-2H3;6-7H,3-5H2,1-2H3;5,8H,3-4H2,1-2H3;5H,3-4H2,1-2H3;5,7-8H,3-4H2,1-2H3;5,7H,3-4H2,1-2H3;5-6H,3-4H2,1-2H3. The zero-order chi connectivity index (χ0) is 108. The number of aliphatic hydroxyl groups is 4. The Morgan fingerprint density at radius 2 is 0.816 bits per heavy atom. The highest BCUT2D eigenvalue weighted by Gasteiger charge is 2.44. The van der Waals surface area contributed by atoms with Crippen LogP contribution in [0.3, 0.4) is 0 Å². The van der Waals surface area contributed by atoms with Crippen LogP contribution in [0.2, 0.25) is 0 Å². The van der Waals surface area contributed by atoms with Crippen LogP contribution in [0.25, 0.3) is 0 Å². The van der Waals surface area contributed by atoms with Gasteiger partial charge < -0.3 is 70.0 Å². The fourth-order valence-corrected chi connectivity index (χ4v) is 17.1. The molecule has 12 aliphatic rings. The molecule has 7 N–H and O–H groups in total. The van der Waals surface area contributed by atoms with Crippen LogP contribution in [0.15, 0.2) is 55.8 Å². The van der Waals surface area contributed by atoms with Gasteiger partial charge in [-0.05, 0) is 278 Å². The van der Waals surface area contributed by atoms with Crippen LogP contribution in [0.1, 0.15) is 395 Å². The van der Waals surface area contributed by atoms with Crippen LogP contribution in [-0.2, 0) is 40.0 Å². The molecule has 3 aromatic heterocycles. The van der Waals surface area contributed by atoms with Crippen molar-refractivity contribution in [2.45, 2.75) is 428 Å². The van der Waals surface area contributed by atoms with E-state index in [1.165, 1.54) is 148 Å². The van der Waals surface area contributed by atoms with Crippen LogP contribution >= 0.6 is 0 Å². The van der Waals surface area contributed by atoms with E-state index in [0.717, 1.165) is 123 Å². The van der Waals surface area contributed by atoms with Crippen LogP contribution in [0.5, 0.6) is 0 Å². The third kappa shape index (κ3) is 55.9. The second-order valence-electron chi connectivity index (χ2n) is 51.6. The predicted octanol–water partition coefficient (Wildman–Crippen LogP) is 24.4. The van der Waals surface area contributed by atoms with Crippen LogP contribution in [0, 0.1) is 106 Å². The molecule has 13 heterocycles. The van der Waals surface area contributed by atoms with Crippen molar-refractivity contribution in [3.8, 4) is 0 Å². The fraction of sp³-hybridized carbons (Fsp3) is 0.890. The molecule has 141 heavy (non-hydrogen) atoms. The summed E-state index contributed by atoms with van der Waals surface area (Å²) in [6.07, 6.45) is 36.3. The van der Waals surface area contributed by atoms with E-state index in [2.05, 4.69) is 257 Å². The van der Waals surface area contributed by atoms with Gasteiger partial charge in [0.1, 0.15) is 29.7 Å². The number of likely N-dealkylation sites (tertiary alicyclic amines) is 3. The van der Waals surface area contributed by atoms with E-state index in [1.807, 2.05) is 84.8 Å². The first-order valence-corrected chi connectivity index (χ1v) is 55.9. The number of hydrogen-bond donors (Lipinski definition) is 7. The topological polar surface area (TPSA) is 258 Å². The summed E-state index contributed by atoms with van der Waals surface area (Å²) < 4.78 is 45.8. The molecule has 10 saturated heterocycles. The quantitative estimate of drug-likeness (QED) is 0.0839. The van der Waals surface area contributed by atoms with E-state index in [4.69, 9.17) is 18.9 Å². The number of ether oxygens (including phenoxy) is 4. The van der Waals surface area contributed by atoms with Crippen molar-refractivity contribution in [1.82, 2.24) is 60.6 Å². The van der Waals surface area contributed by atoms with Gasteiger partial charge in [0.15, 0.2) is 5.67 Å². The lowest BCUT2D eigenvalue weighted by atomic mass is 9.75. The molecule has 1 amide bonds. The maximum absolute atomic E-state index is 13.0. The van der Waals surface area contributed by atoms with Gasteiger partial charge in [-0.1, -0.05) is 275 Å². The highest BCUT2D eigenvalue weighted by molar-refractivity contribution is 5.73. The van der Waals surface area contributed by atoms with Crippen molar-refractivity contribution in [2.24, 2.45) is 106 Å². The number of piperidine rings is 4. The minimum Gasteiger partial charge on any atom is -0.389 e. The first-order valence-electron chi connectivity index (χ1n) is 55.9. The Bertz CT molecular complexity index is 3290. The van der Waals surface area contributed by atoms with Crippen LogP contribution in [-0.4, -0.2) is 250 Å². The third-order valence-electron chi connectivity index (χ3n) is 31.7. The molecule has 0 bridgehead atoms. The van der Waals surface area contributed by atoms with Gasteiger partial charge in [-0.2, -0.15) is 0 Å². The lowest BCUT2D eigenvalue weighted by Gasteiger charge is -2.41. The summed E-state index contributed by atoms with van der Waals surface area (Å²) in [6, 6.07) is 3.77. The number of carbonyl (C=O) groups excluding carboxylic acids is 1. The van der Waals surface area contributed by atoms with Crippen molar-refractivity contribution in [1.29, 1.82) is 0 Å². The predicted molar refractivity (Wildman–Crippen MR) is 589 cm³/mol. The van der Waals surface area contributed by atoms with Gasteiger partial charge in [0, 0.05) is 120 Å². The number of amides is 1. The molecule has 23 heteroatoms. The lowest BCUT2D eigenvalue weighted by molar-refractivity contribution is -0.200. The molecule has 21 nitrogen and oxygen atoms in total. The molecule has 2 saturated carbocycles. The molecule has 0 unspecified atom stereocenters. The molecule has 15 rings (SSSR count). The summed E-state index contributed by atoms with van der Waals surface area (Å²) in [4.78, 5) is 42.3. The summed E-state index contributed by atoms with van der Waals surface area (Å²) in [5, 5.41) is 47.9. The summed E-state index contributed by atoms with van der Waals surface area (Å²) in [6.45, 7) is 97.7. The van der Waals surface area contributed by atoms with Gasteiger partial charge in [0.25, 0.3) is 0 Å². The molecule has 0 radical (unpaired) electrons.